The number of nitrogens with two attached hydrogens (primary N) is 1. The minimum Gasteiger partial charge on any atom is -0.471 e. The van der Waals surface area contributed by atoms with Gasteiger partial charge in [0.15, 0.2) is 5.82 Å². The minimum atomic E-state index is -0.653. The number of hydroxylamine groups is 1. The van der Waals surface area contributed by atoms with E-state index in [9.17, 15) is 10.1 Å². The topological polar surface area (TPSA) is 161 Å². The molecule has 32 heavy (non-hydrogen) atoms. The van der Waals surface area contributed by atoms with Crippen LogP contribution >= 0.6 is 0 Å². The Labute approximate surface area is 183 Å². The van der Waals surface area contributed by atoms with Crippen molar-refractivity contribution in [1.29, 1.82) is 5.26 Å². The van der Waals surface area contributed by atoms with Crippen molar-refractivity contribution in [3.05, 3.63) is 53.6 Å². The molecule has 3 heterocycles. The van der Waals surface area contributed by atoms with Crippen LogP contribution in [-0.4, -0.2) is 45.2 Å². The molecule has 2 aromatic heterocycles. The maximum Gasteiger partial charge on any atom is 0.284 e. The fraction of sp³-hybridized carbons (Fsp3) is 0.286. The predicted octanol–water partition coefficient (Wildman–Crippen LogP) is 1.91. The van der Waals surface area contributed by atoms with Gasteiger partial charge in [-0.05, 0) is 19.1 Å². The molecule has 0 unspecified atom stereocenters. The highest BCUT2D eigenvalue weighted by molar-refractivity contribution is 6.00. The number of nitriles is 1. The van der Waals surface area contributed by atoms with Crippen LogP contribution in [0.4, 0.5) is 5.82 Å². The van der Waals surface area contributed by atoms with Crippen molar-refractivity contribution in [2.24, 2.45) is 0 Å². The number of hydrogen-bond acceptors (Lipinski definition) is 9. The van der Waals surface area contributed by atoms with Crippen molar-refractivity contribution in [1.82, 2.24) is 25.4 Å². The molecule has 1 aromatic carbocycles. The van der Waals surface area contributed by atoms with Gasteiger partial charge in [0.1, 0.15) is 23.6 Å². The van der Waals surface area contributed by atoms with Crippen LogP contribution in [0.15, 0.2) is 36.8 Å². The van der Waals surface area contributed by atoms with E-state index in [1.165, 1.54) is 6.33 Å². The van der Waals surface area contributed by atoms with Gasteiger partial charge < -0.3 is 20.2 Å². The van der Waals surface area contributed by atoms with Gasteiger partial charge in [-0.25, -0.2) is 15.4 Å². The zero-order valence-corrected chi connectivity index (χ0v) is 17.2. The normalized spacial score (nSPS) is 16.3. The first-order valence-corrected chi connectivity index (χ1v) is 9.92. The molecule has 1 aliphatic rings. The molecule has 1 amide bonds. The van der Waals surface area contributed by atoms with E-state index in [0.29, 0.717) is 36.5 Å². The summed E-state index contributed by atoms with van der Waals surface area (Å²) >= 11 is 0. The Balaban J connectivity index is 1.63. The summed E-state index contributed by atoms with van der Waals surface area (Å²) in [4.78, 5) is 33.9. The average Bonchev–Trinajstić information content (AvgIpc) is 3.51. The molecule has 0 bridgehead atoms. The molecule has 4 rings (SSSR count). The summed E-state index contributed by atoms with van der Waals surface area (Å²) in [5.41, 5.74) is 10.2. The third-order valence-corrected chi connectivity index (χ3v) is 4.83. The number of nitrogens with zero attached hydrogens (tertiary/aromatic N) is 4. The summed E-state index contributed by atoms with van der Waals surface area (Å²) in [6, 6.07) is 8.82. The van der Waals surface area contributed by atoms with Crippen LogP contribution in [0.1, 0.15) is 41.1 Å². The van der Waals surface area contributed by atoms with Crippen LogP contribution in [0, 0.1) is 11.3 Å². The van der Waals surface area contributed by atoms with E-state index in [2.05, 4.69) is 31.5 Å². The quantitative estimate of drug-likeness (QED) is 0.471. The number of rotatable bonds is 7. The van der Waals surface area contributed by atoms with E-state index in [1.807, 2.05) is 0 Å². The van der Waals surface area contributed by atoms with Gasteiger partial charge in [0.05, 0.1) is 43.1 Å². The zero-order chi connectivity index (χ0) is 22.5. The molecule has 0 spiro atoms. The number of ether oxygens (including phenoxy) is 2. The summed E-state index contributed by atoms with van der Waals surface area (Å²) < 4.78 is 11.3. The maximum atomic E-state index is 12.9. The zero-order valence-electron chi connectivity index (χ0n) is 17.2. The highest BCUT2D eigenvalue weighted by Gasteiger charge is 2.26. The lowest BCUT2D eigenvalue weighted by Crippen LogP contribution is -2.29. The first-order chi connectivity index (χ1) is 15.5. The number of aromatic nitrogens is 4. The van der Waals surface area contributed by atoms with Crippen molar-refractivity contribution in [2.75, 3.05) is 18.9 Å². The van der Waals surface area contributed by atoms with E-state index < -0.39 is 12.0 Å². The summed E-state index contributed by atoms with van der Waals surface area (Å²) in [5, 5.41) is 9.17. The molecule has 1 fully saturated rings. The second-order valence-corrected chi connectivity index (χ2v) is 7.11. The second kappa shape index (κ2) is 9.42. The minimum absolute atomic E-state index is 0.0145. The van der Waals surface area contributed by atoms with Gasteiger partial charge in [-0.3, -0.25) is 9.63 Å². The number of H-pyrrole nitrogens is 1. The van der Waals surface area contributed by atoms with E-state index in [-0.39, 0.29) is 29.2 Å². The number of imidazole rings is 1. The SMILES string of the molecule is C[C@H](ONC(=O)c1c(N)nc(-c2cccc(C#N)c2)nc1O[C@H]1CCOC1)c1cnc[nH]1. The predicted molar refractivity (Wildman–Crippen MR) is 112 cm³/mol. The van der Waals surface area contributed by atoms with Gasteiger partial charge in [-0.15, -0.1) is 0 Å². The number of anilines is 1. The summed E-state index contributed by atoms with van der Waals surface area (Å²) in [6.45, 7) is 2.67. The lowest BCUT2D eigenvalue weighted by molar-refractivity contribution is -0.0107. The van der Waals surface area contributed by atoms with E-state index >= 15 is 0 Å². The first-order valence-electron chi connectivity index (χ1n) is 9.92. The molecule has 4 N–H and O–H groups in total. The number of nitrogen functional groups attached to an aromatic ring is 1. The van der Waals surface area contributed by atoms with Gasteiger partial charge in [-0.1, -0.05) is 12.1 Å². The third kappa shape index (κ3) is 4.66. The molecule has 3 aromatic rings. The van der Waals surface area contributed by atoms with Crippen molar-refractivity contribution >= 4 is 11.7 Å². The Kier molecular flexibility index (Phi) is 6.25. The Bertz CT molecular complexity index is 1140. The van der Waals surface area contributed by atoms with E-state index in [1.54, 1.807) is 37.4 Å². The van der Waals surface area contributed by atoms with Crippen LogP contribution in [0.3, 0.4) is 0 Å². The van der Waals surface area contributed by atoms with Gasteiger partial charge in [-0.2, -0.15) is 10.2 Å². The number of benzene rings is 1. The fourth-order valence-corrected chi connectivity index (χ4v) is 3.12. The Morgan fingerprint density at radius 2 is 2.31 bits per heavy atom. The lowest BCUT2D eigenvalue weighted by Gasteiger charge is -2.17. The molecule has 0 saturated carbocycles. The number of amides is 1. The van der Waals surface area contributed by atoms with Gasteiger partial charge >= 0.3 is 0 Å². The fourth-order valence-electron chi connectivity index (χ4n) is 3.12. The molecule has 0 aliphatic carbocycles. The molecule has 11 heteroatoms. The molecule has 1 aliphatic heterocycles. The number of carbonyl (C=O) groups is 1. The Hall–Kier alpha value is -4.01. The van der Waals surface area contributed by atoms with Gasteiger partial charge in [0.25, 0.3) is 5.91 Å². The third-order valence-electron chi connectivity index (χ3n) is 4.83. The summed E-state index contributed by atoms with van der Waals surface area (Å²) in [7, 11) is 0. The standard InChI is InChI=1S/C21H21N7O4/c1-12(16-9-24-11-25-16)32-28-20(29)17-18(23)26-19(14-4-2-3-13(7-14)8-22)27-21(17)31-15-5-6-30-10-15/h2-4,7,9,11-12,15H,5-6,10H2,1H3,(H,24,25)(H,28,29)(H2,23,26,27)/t12-,15-/m0/s1. The number of carbonyl (C=O) groups excluding carboxylic acids is 1. The van der Waals surface area contributed by atoms with E-state index in [0.717, 1.165) is 0 Å². The average molecular weight is 435 g/mol. The smallest absolute Gasteiger partial charge is 0.284 e. The van der Waals surface area contributed by atoms with Crippen molar-refractivity contribution in [3.63, 3.8) is 0 Å². The summed E-state index contributed by atoms with van der Waals surface area (Å²) in [5.74, 6) is -0.487. The molecular weight excluding hydrogens is 414 g/mol. The molecule has 164 valence electrons. The van der Waals surface area contributed by atoms with Crippen molar-refractivity contribution in [2.45, 2.75) is 25.6 Å². The molecule has 2 atom stereocenters. The number of hydrogen-bond donors (Lipinski definition) is 3. The number of aromatic amines is 1. The maximum absolute atomic E-state index is 12.9. The molecule has 1 saturated heterocycles. The molecule has 11 nitrogen and oxygen atoms in total. The van der Waals surface area contributed by atoms with Crippen molar-refractivity contribution in [3.8, 4) is 23.3 Å². The van der Waals surface area contributed by atoms with Crippen molar-refractivity contribution < 1.29 is 19.1 Å². The number of nitrogens with one attached hydrogen (secondary N) is 2. The van der Waals surface area contributed by atoms with Crippen LogP contribution in [0.2, 0.25) is 0 Å². The second-order valence-electron chi connectivity index (χ2n) is 7.11. The summed E-state index contributed by atoms with van der Waals surface area (Å²) in [6.07, 6.45) is 2.99. The lowest BCUT2D eigenvalue weighted by atomic mass is 10.1. The van der Waals surface area contributed by atoms with Crippen LogP contribution in [0.25, 0.3) is 11.4 Å². The molecular formula is C21H21N7O4. The largest absolute Gasteiger partial charge is 0.471 e. The molecule has 0 radical (unpaired) electrons. The van der Waals surface area contributed by atoms with Crippen LogP contribution in [-0.2, 0) is 9.57 Å². The Morgan fingerprint density at radius 1 is 1.44 bits per heavy atom. The highest BCUT2D eigenvalue weighted by Crippen LogP contribution is 2.28. The van der Waals surface area contributed by atoms with Gasteiger partial charge in [0.2, 0.25) is 5.88 Å². The first kappa shape index (κ1) is 21.2. The highest BCUT2D eigenvalue weighted by atomic mass is 16.7. The van der Waals surface area contributed by atoms with Crippen LogP contribution < -0.4 is 16.0 Å². The Morgan fingerprint density at radius 3 is 3.03 bits per heavy atom. The monoisotopic (exact) mass is 435 g/mol. The van der Waals surface area contributed by atoms with Crippen LogP contribution in [0.5, 0.6) is 5.88 Å². The van der Waals surface area contributed by atoms with E-state index in [4.69, 9.17) is 20.0 Å². The van der Waals surface area contributed by atoms with Gasteiger partial charge in [0, 0.05) is 12.0 Å².